The molecule has 1 unspecified atom stereocenters. The van der Waals surface area contributed by atoms with Crippen LogP contribution in [0.15, 0.2) is 11.4 Å². The maximum atomic E-state index is 5.81. The van der Waals surface area contributed by atoms with Gasteiger partial charge in [-0.2, -0.15) is 0 Å². The third-order valence-electron chi connectivity index (χ3n) is 2.06. The lowest BCUT2D eigenvalue weighted by molar-refractivity contribution is 0.583. The van der Waals surface area contributed by atoms with E-state index in [4.69, 9.17) is 5.73 Å². The molecule has 1 heterocycles. The zero-order valence-corrected chi connectivity index (χ0v) is 7.88. The monoisotopic (exact) mass is 189 g/mol. The smallest absolute Gasteiger partial charge is 0.00831 e. The number of fused-ring (bicyclic) bond motifs is 1. The van der Waals surface area contributed by atoms with Crippen molar-refractivity contribution in [3.63, 3.8) is 0 Å². The van der Waals surface area contributed by atoms with Crippen LogP contribution in [0.2, 0.25) is 0 Å². The van der Waals surface area contributed by atoms with Gasteiger partial charge in [-0.1, -0.05) is 0 Å². The van der Waals surface area contributed by atoms with Crippen LogP contribution >= 0.6 is 23.7 Å². The summed E-state index contributed by atoms with van der Waals surface area (Å²) in [5, 5.41) is 2.17. The summed E-state index contributed by atoms with van der Waals surface area (Å²) in [5.74, 6) is 0. The van der Waals surface area contributed by atoms with Crippen LogP contribution in [0.1, 0.15) is 16.9 Å². The molecule has 1 aliphatic carbocycles. The van der Waals surface area contributed by atoms with Gasteiger partial charge < -0.3 is 5.73 Å². The molecule has 11 heavy (non-hydrogen) atoms. The molecule has 1 aromatic rings. The van der Waals surface area contributed by atoms with E-state index in [-0.39, 0.29) is 12.4 Å². The van der Waals surface area contributed by atoms with E-state index in [1.807, 2.05) is 11.3 Å². The van der Waals surface area contributed by atoms with E-state index in [2.05, 4.69) is 11.4 Å². The molecule has 1 aliphatic rings. The van der Waals surface area contributed by atoms with Crippen molar-refractivity contribution in [1.29, 1.82) is 0 Å². The lowest BCUT2D eigenvalue weighted by atomic mass is 9.95. The third-order valence-corrected chi connectivity index (χ3v) is 3.08. The molecular weight excluding hydrogens is 178 g/mol. The first-order valence-electron chi connectivity index (χ1n) is 3.67. The second-order valence-electron chi connectivity index (χ2n) is 2.87. The molecule has 0 bridgehead atoms. The van der Waals surface area contributed by atoms with Gasteiger partial charge in [-0.25, -0.2) is 0 Å². The fraction of sp³-hybridized carbons (Fsp3) is 0.500. The molecule has 0 radical (unpaired) electrons. The highest BCUT2D eigenvalue weighted by atomic mass is 35.5. The standard InChI is InChI=1S/C8H11NS.ClH/c9-7-1-2-8-6(5-7)3-4-10-8;/h3-4,7H,1-2,5,9H2;1H. The number of hydrogen-bond donors (Lipinski definition) is 1. The van der Waals surface area contributed by atoms with Gasteiger partial charge >= 0.3 is 0 Å². The second kappa shape index (κ2) is 3.57. The van der Waals surface area contributed by atoms with Crippen LogP contribution in [-0.2, 0) is 12.8 Å². The van der Waals surface area contributed by atoms with Gasteiger partial charge in [0.2, 0.25) is 0 Å². The number of thiophene rings is 1. The van der Waals surface area contributed by atoms with E-state index in [9.17, 15) is 0 Å². The van der Waals surface area contributed by atoms with Crippen LogP contribution in [0.4, 0.5) is 0 Å². The highest BCUT2D eigenvalue weighted by molar-refractivity contribution is 7.10. The molecule has 0 amide bonds. The Morgan fingerprint density at radius 2 is 2.36 bits per heavy atom. The Kier molecular flexibility index (Phi) is 2.93. The first-order valence-corrected chi connectivity index (χ1v) is 4.55. The SMILES string of the molecule is Cl.NC1CCc2sccc2C1. The highest BCUT2D eigenvalue weighted by Gasteiger charge is 2.15. The summed E-state index contributed by atoms with van der Waals surface area (Å²) < 4.78 is 0. The van der Waals surface area contributed by atoms with Crippen molar-refractivity contribution in [3.05, 3.63) is 21.9 Å². The summed E-state index contributed by atoms with van der Waals surface area (Å²) in [6, 6.07) is 2.63. The Morgan fingerprint density at radius 1 is 1.55 bits per heavy atom. The first kappa shape index (κ1) is 9.04. The fourth-order valence-electron chi connectivity index (χ4n) is 1.47. The largest absolute Gasteiger partial charge is 0.327 e. The molecule has 1 aromatic heterocycles. The molecule has 3 heteroatoms. The topological polar surface area (TPSA) is 26.0 Å². The number of aryl methyl sites for hydroxylation is 1. The molecule has 62 valence electrons. The van der Waals surface area contributed by atoms with Gasteiger partial charge in [0.1, 0.15) is 0 Å². The van der Waals surface area contributed by atoms with E-state index >= 15 is 0 Å². The molecule has 0 saturated carbocycles. The van der Waals surface area contributed by atoms with E-state index in [0.717, 1.165) is 6.42 Å². The molecule has 1 nitrogen and oxygen atoms in total. The Balaban J connectivity index is 0.000000605. The number of halogens is 1. The predicted octanol–water partition coefficient (Wildman–Crippen LogP) is 1.99. The lowest BCUT2D eigenvalue weighted by Gasteiger charge is -2.17. The summed E-state index contributed by atoms with van der Waals surface area (Å²) >= 11 is 1.87. The average Bonchev–Trinajstić information content (AvgIpc) is 2.33. The Hall–Kier alpha value is -0.0500. The van der Waals surface area contributed by atoms with Crippen LogP contribution in [-0.4, -0.2) is 6.04 Å². The first-order chi connectivity index (χ1) is 4.86. The van der Waals surface area contributed by atoms with Crippen molar-refractivity contribution >= 4 is 23.7 Å². The van der Waals surface area contributed by atoms with Crippen molar-refractivity contribution in [2.75, 3.05) is 0 Å². The van der Waals surface area contributed by atoms with Gasteiger partial charge in [0.25, 0.3) is 0 Å². The molecule has 1 atom stereocenters. The third kappa shape index (κ3) is 1.75. The lowest BCUT2D eigenvalue weighted by Crippen LogP contribution is -2.26. The van der Waals surface area contributed by atoms with Gasteiger partial charge in [0.15, 0.2) is 0 Å². The van der Waals surface area contributed by atoms with E-state index in [0.29, 0.717) is 6.04 Å². The van der Waals surface area contributed by atoms with Gasteiger partial charge in [-0.05, 0) is 36.3 Å². The van der Waals surface area contributed by atoms with Crippen molar-refractivity contribution in [1.82, 2.24) is 0 Å². The summed E-state index contributed by atoms with van der Waals surface area (Å²) in [4.78, 5) is 1.56. The molecule has 2 rings (SSSR count). The molecule has 0 spiro atoms. The van der Waals surface area contributed by atoms with Crippen molar-refractivity contribution < 1.29 is 0 Å². The minimum absolute atomic E-state index is 0. The fourth-order valence-corrected chi connectivity index (χ4v) is 2.40. The molecule has 0 saturated heterocycles. The summed E-state index contributed by atoms with van der Waals surface area (Å²) in [6.07, 6.45) is 3.47. The molecule has 0 aliphatic heterocycles. The van der Waals surface area contributed by atoms with Crippen LogP contribution in [0.25, 0.3) is 0 Å². The molecule has 2 N–H and O–H groups in total. The van der Waals surface area contributed by atoms with Gasteiger partial charge in [-0.15, -0.1) is 23.7 Å². The van der Waals surface area contributed by atoms with Crippen LogP contribution < -0.4 is 5.73 Å². The van der Waals surface area contributed by atoms with E-state index in [1.165, 1.54) is 18.4 Å². The van der Waals surface area contributed by atoms with Crippen LogP contribution in [0.3, 0.4) is 0 Å². The van der Waals surface area contributed by atoms with Crippen LogP contribution in [0, 0.1) is 0 Å². The van der Waals surface area contributed by atoms with E-state index in [1.54, 1.807) is 4.88 Å². The summed E-state index contributed by atoms with van der Waals surface area (Å²) in [7, 11) is 0. The highest BCUT2D eigenvalue weighted by Crippen LogP contribution is 2.24. The minimum Gasteiger partial charge on any atom is -0.327 e. The van der Waals surface area contributed by atoms with Crippen molar-refractivity contribution in [2.24, 2.45) is 5.73 Å². The zero-order chi connectivity index (χ0) is 6.97. The Labute approximate surface area is 77.0 Å². The molecule has 0 aromatic carbocycles. The zero-order valence-electron chi connectivity index (χ0n) is 6.25. The van der Waals surface area contributed by atoms with Crippen molar-refractivity contribution in [3.8, 4) is 0 Å². The number of hydrogen-bond acceptors (Lipinski definition) is 2. The average molecular weight is 190 g/mol. The van der Waals surface area contributed by atoms with Crippen molar-refractivity contribution in [2.45, 2.75) is 25.3 Å². The Bertz CT molecular complexity index is 234. The maximum absolute atomic E-state index is 5.81. The van der Waals surface area contributed by atoms with Gasteiger partial charge in [0, 0.05) is 10.9 Å². The van der Waals surface area contributed by atoms with Crippen LogP contribution in [0.5, 0.6) is 0 Å². The molecular formula is C8H12ClNS. The quantitative estimate of drug-likeness (QED) is 0.664. The van der Waals surface area contributed by atoms with E-state index < -0.39 is 0 Å². The Morgan fingerprint density at radius 3 is 3.18 bits per heavy atom. The maximum Gasteiger partial charge on any atom is 0.00831 e. The normalized spacial score (nSPS) is 22.1. The second-order valence-corrected chi connectivity index (χ2v) is 3.87. The number of nitrogens with two attached hydrogens (primary N) is 1. The molecule has 0 fully saturated rings. The predicted molar refractivity (Wildman–Crippen MR) is 51.6 cm³/mol. The number of rotatable bonds is 0. The van der Waals surface area contributed by atoms with Gasteiger partial charge in [-0.3, -0.25) is 0 Å². The summed E-state index contributed by atoms with van der Waals surface area (Å²) in [6.45, 7) is 0. The summed E-state index contributed by atoms with van der Waals surface area (Å²) in [5.41, 5.74) is 7.30. The minimum atomic E-state index is 0. The van der Waals surface area contributed by atoms with Gasteiger partial charge in [0.05, 0.1) is 0 Å².